The number of benzene rings is 2. The number of aromatic nitrogens is 3. The van der Waals surface area contributed by atoms with Gasteiger partial charge in [0.25, 0.3) is 0 Å². The van der Waals surface area contributed by atoms with E-state index in [2.05, 4.69) is 15.8 Å². The second-order valence-electron chi connectivity index (χ2n) is 14.7. The van der Waals surface area contributed by atoms with Gasteiger partial charge < -0.3 is 34.1 Å². The number of β-amino-alcohol motifs (C(OH)–C–C–N with tert-alkyl or cyclic N) is 1. The Hall–Kier alpha value is -4.35. The molecule has 5 heterocycles. The zero-order valence-corrected chi connectivity index (χ0v) is 30.1. The van der Waals surface area contributed by atoms with Crippen molar-refractivity contribution < 1.29 is 37.9 Å². The molecule has 8 rings (SSSR count). The summed E-state index contributed by atoms with van der Waals surface area (Å²) in [4.78, 5) is 18.6. The van der Waals surface area contributed by atoms with E-state index in [1.165, 1.54) is 25.3 Å². The molecule has 3 aliphatic heterocycles. The van der Waals surface area contributed by atoms with Crippen LogP contribution in [0.4, 0.5) is 14.6 Å². The average Bonchev–Trinajstić information content (AvgIpc) is 3.52. The number of methoxy groups -OCH3 is 1. The Morgan fingerprint density at radius 3 is 2.64 bits per heavy atom. The number of ether oxygens (including phenoxy) is 4. The molecule has 0 radical (unpaired) electrons. The maximum atomic E-state index is 17.4. The minimum absolute atomic E-state index is 0.00141. The second kappa shape index (κ2) is 14.5. The summed E-state index contributed by atoms with van der Waals surface area (Å²) in [6, 6.07) is 6.50. The van der Waals surface area contributed by atoms with Crippen molar-refractivity contribution in [1.82, 2.24) is 19.9 Å². The summed E-state index contributed by atoms with van der Waals surface area (Å²) in [5, 5.41) is 23.1. The van der Waals surface area contributed by atoms with E-state index in [0.29, 0.717) is 34.8 Å². The molecule has 4 atom stereocenters. The van der Waals surface area contributed by atoms with Crippen LogP contribution in [0.1, 0.15) is 51.0 Å². The van der Waals surface area contributed by atoms with E-state index < -0.39 is 17.2 Å². The van der Waals surface area contributed by atoms with Gasteiger partial charge in [0.15, 0.2) is 11.4 Å². The van der Waals surface area contributed by atoms with E-state index in [4.69, 9.17) is 35.3 Å². The minimum atomic E-state index is -1.65. The lowest BCUT2D eigenvalue weighted by atomic mass is 9.88. The summed E-state index contributed by atoms with van der Waals surface area (Å²) in [5.74, 6) is 1.49. The van der Waals surface area contributed by atoms with E-state index in [9.17, 15) is 10.2 Å². The lowest BCUT2D eigenvalue weighted by molar-refractivity contribution is -0.0950. The van der Waals surface area contributed by atoms with Gasteiger partial charge in [-0.3, -0.25) is 4.90 Å². The standard InChI is InChI=1S/C40H45F2N5O6/c1-4-26-29(41)13-12-23-17-25(48)18-28(32(23)26)35-34(42)36-33(38(43-35)50-3)37(46-15-16-51-22-40(49,5-2)21-46)45-39(44-36)53-31-11-6-7-14-47(24-19-52-20-24)30-10-8-9-27(30)31/h2,12-13,17-18,24,27,30-31,48-49H,4,6-11,14-16,19-22H2,1,3H3/t27-,30-,31?,40+/m1/s1. The summed E-state index contributed by atoms with van der Waals surface area (Å²) in [7, 11) is 1.41. The van der Waals surface area contributed by atoms with Gasteiger partial charge in [0, 0.05) is 24.1 Å². The summed E-state index contributed by atoms with van der Waals surface area (Å²) >= 11 is 0. The summed E-state index contributed by atoms with van der Waals surface area (Å²) in [5.41, 5.74) is -1.41. The smallest absolute Gasteiger partial charge is 0.319 e. The average molecular weight is 730 g/mol. The Bertz CT molecular complexity index is 2070. The number of aryl methyl sites for hydroxylation is 1. The third kappa shape index (κ3) is 6.49. The first-order valence-corrected chi connectivity index (χ1v) is 18.6. The Morgan fingerprint density at radius 2 is 1.89 bits per heavy atom. The van der Waals surface area contributed by atoms with Crippen molar-refractivity contribution in [1.29, 1.82) is 0 Å². The molecule has 53 heavy (non-hydrogen) atoms. The van der Waals surface area contributed by atoms with E-state index in [1.807, 2.05) is 6.92 Å². The number of rotatable bonds is 7. The van der Waals surface area contributed by atoms with Crippen LogP contribution >= 0.6 is 0 Å². The fraction of sp³-hybridized carbons (Fsp3) is 0.525. The Balaban J connectivity index is 1.31. The van der Waals surface area contributed by atoms with Crippen LogP contribution < -0.4 is 14.4 Å². The molecule has 4 fully saturated rings. The maximum absolute atomic E-state index is 17.4. The molecule has 11 nitrogen and oxygen atoms in total. The van der Waals surface area contributed by atoms with Gasteiger partial charge in [0.2, 0.25) is 5.88 Å². The Labute approximate surface area is 307 Å². The quantitative estimate of drug-likeness (QED) is 0.238. The van der Waals surface area contributed by atoms with Crippen molar-refractivity contribution >= 4 is 27.5 Å². The van der Waals surface area contributed by atoms with Gasteiger partial charge >= 0.3 is 6.01 Å². The van der Waals surface area contributed by atoms with Crippen molar-refractivity contribution in [3.8, 4) is 41.2 Å². The van der Waals surface area contributed by atoms with Gasteiger partial charge in [0.1, 0.15) is 40.1 Å². The van der Waals surface area contributed by atoms with Gasteiger partial charge in [-0.05, 0) is 79.6 Å². The number of fused-ring (bicyclic) bond motifs is 3. The van der Waals surface area contributed by atoms with Crippen LogP contribution in [0.2, 0.25) is 0 Å². The van der Waals surface area contributed by atoms with Crippen LogP contribution in [0.15, 0.2) is 24.3 Å². The molecule has 1 aliphatic carbocycles. The zero-order valence-electron chi connectivity index (χ0n) is 30.1. The molecule has 0 bridgehead atoms. The van der Waals surface area contributed by atoms with Crippen molar-refractivity contribution in [3.05, 3.63) is 41.5 Å². The predicted molar refractivity (Wildman–Crippen MR) is 195 cm³/mol. The molecule has 0 amide bonds. The molecule has 0 spiro atoms. The van der Waals surface area contributed by atoms with E-state index in [0.717, 1.165) is 58.3 Å². The fourth-order valence-electron chi connectivity index (χ4n) is 8.85. The first-order chi connectivity index (χ1) is 25.7. The SMILES string of the molecule is C#C[C@@]1(O)COCCN(c2nc(OC3CCCCN(C4COC4)[C@@H]4CCC[C@@H]34)nc3c(F)c(-c4cc(O)cc5ccc(F)c(CC)c45)nc(OC)c23)C1. The maximum Gasteiger partial charge on any atom is 0.319 e. The molecule has 4 aromatic rings. The fourth-order valence-corrected chi connectivity index (χ4v) is 8.85. The Morgan fingerprint density at radius 1 is 1.04 bits per heavy atom. The number of anilines is 1. The molecule has 1 unspecified atom stereocenters. The van der Waals surface area contributed by atoms with Crippen LogP contribution in [0.3, 0.4) is 0 Å². The molecule has 2 aromatic heterocycles. The zero-order chi connectivity index (χ0) is 36.9. The number of hydrogen-bond acceptors (Lipinski definition) is 11. The van der Waals surface area contributed by atoms with Crippen LogP contribution in [0.5, 0.6) is 17.6 Å². The first-order valence-electron chi connectivity index (χ1n) is 18.6. The van der Waals surface area contributed by atoms with Crippen LogP contribution in [-0.2, 0) is 15.9 Å². The van der Waals surface area contributed by atoms with Crippen LogP contribution in [0, 0.1) is 29.9 Å². The van der Waals surface area contributed by atoms with Gasteiger partial charge in [-0.25, -0.2) is 13.8 Å². The number of likely N-dealkylation sites (tertiary alicyclic amines) is 1. The van der Waals surface area contributed by atoms with Gasteiger partial charge in [-0.15, -0.1) is 6.42 Å². The molecule has 3 saturated heterocycles. The number of phenols is 1. The summed E-state index contributed by atoms with van der Waals surface area (Å²) in [6.07, 6.45) is 11.8. The second-order valence-corrected chi connectivity index (χ2v) is 14.7. The van der Waals surface area contributed by atoms with E-state index >= 15 is 8.78 Å². The highest BCUT2D eigenvalue weighted by molar-refractivity contribution is 6.03. The van der Waals surface area contributed by atoms with Crippen molar-refractivity contribution in [2.24, 2.45) is 5.92 Å². The molecule has 280 valence electrons. The number of aliphatic hydroxyl groups is 1. The number of terminal acetylenes is 1. The topological polar surface area (TPSA) is 123 Å². The Kier molecular flexibility index (Phi) is 9.74. The minimum Gasteiger partial charge on any atom is -0.508 e. The number of aromatic hydroxyl groups is 1. The molecule has 2 aromatic carbocycles. The number of nitrogens with zero attached hydrogens (tertiary/aromatic N) is 5. The lowest BCUT2D eigenvalue weighted by Gasteiger charge is -2.45. The molecular formula is C40H45F2N5O6. The molecule has 2 N–H and O–H groups in total. The number of phenolic OH excluding ortho intramolecular Hbond substituents is 1. The highest BCUT2D eigenvalue weighted by Gasteiger charge is 2.43. The summed E-state index contributed by atoms with van der Waals surface area (Å²) < 4.78 is 56.5. The molecule has 13 heteroatoms. The number of pyridine rings is 1. The van der Waals surface area contributed by atoms with Crippen molar-refractivity contribution in [3.63, 3.8) is 0 Å². The third-order valence-corrected chi connectivity index (χ3v) is 11.5. The van der Waals surface area contributed by atoms with Crippen LogP contribution in [0.25, 0.3) is 32.9 Å². The van der Waals surface area contributed by atoms with E-state index in [-0.39, 0.29) is 83.9 Å². The number of hydrogen-bond donors (Lipinski definition) is 2. The first kappa shape index (κ1) is 35.7. The highest BCUT2D eigenvalue weighted by atomic mass is 19.1. The largest absolute Gasteiger partial charge is 0.508 e. The normalized spacial score (nSPS) is 25.7. The van der Waals surface area contributed by atoms with E-state index in [1.54, 1.807) is 11.0 Å². The monoisotopic (exact) mass is 729 g/mol. The van der Waals surface area contributed by atoms with Gasteiger partial charge in [0.05, 0.1) is 46.1 Å². The molecule has 4 aliphatic rings. The lowest BCUT2D eigenvalue weighted by Crippen LogP contribution is -2.56. The van der Waals surface area contributed by atoms with Gasteiger partial charge in [-0.2, -0.15) is 9.97 Å². The van der Waals surface area contributed by atoms with Crippen LogP contribution in [-0.4, -0.2) is 107 Å². The van der Waals surface area contributed by atoms with Gasteiger partial charge in [-0.1, -0.05) is 25.3 Å². The summed E-state index contributed by atoms with van der Waals surface area (Å²) in [6.45, 7) is 4.66. The number of halogens is 2. The third-order valence-electron chi connectivity index (χ3n) is 11.5. The predicted octanol–water partition coefficient (Wildman–Crippen LogP) is 5.40. The highest BCUT2D eigenvalue weighted by Crippen LogP contribution is 2.44. The molecular weight excluding hydrogens is 684 g/mol. The van der Waals surface area contributed by atoms with Crippen molar-refractivity contribution in [2.45, 2.75) is 75.7 Å². The molecule has 1 saturated carbocycles. The van der Waals surface area contributed by atoms with Crippen molar-refractivity contribution in [2.75, 3.05) is 58.1 Å².